The molecule has 1 aromatic carbocycles. The fourth-order valence-corrected chi connectivity index (χ4v) is 3.34. The lowest BCUT2D eigenvalue weighted by atomic mass is 10.1. The summed E-state index contributed by atoms with van der Waals surface area (Å²) in [4.78, 5) is 28.6. The molecule has 0 bridgehead atoms. The van der Waals surface area contributed by atoms with Gasteiger partial charge in [0.1, 0.15) is 0 Å². The van der Waals surface area contributed by atoms with Gasteiger partial charge >= 0.3 is 0 Å². The fraction of sp³-hybridized carbons (Fsp3) is 0.190. The van der Waals surface area contributed by atoms with Gasteiger partial charge in [0.2, 0.25) is 5.91 Å². The number of nitrogens with one attached hydrogen (secondary N) is 1. The number of thiophene rings is 1. The zero-order valence-corrected chi connectivity index (χ0v) is 15.2. The summed E-state index contributed by atoms with van der Waals surface area (Å²) >= 11 is 1.62. The highest BCUT2D eigenvalue weighted by molar-refractivity contribution is 7.08. The third-order valence-electron chi connectivity index (χ3n) is 4.07. The number of benzene rings is 1. The van der Waals surface area contributed by atoms with E-state index in [1.54, 1.807) is 29.7 Å². The maximum atomic E-state index is 12.1. The molecule has 0 radical (unpaired) electrons. The second kappa shape index (κ2) is 9.06. The average Bonchev–Trinajstić information content (AvgIpc) is 3.22. The van der Waals surface area contributed by atoms with Gasteiger partial charge in [-0.3, -0.25) is 14.6 Å². The largest absolute Gasteiger partial charge is 0.352 e. The van der Waals surface area contributed by atoms with Crippen molar-refractivity contribution in [1.82, 2.24) is 10.3 Å². The molecular formula is C21H20N2O2S. The van der Waals surface area contributed by atoms with Crippen molar-refractivity contribution in [3.63, 3.8) is 0 Å². The summed E-state index contributed by atoms with van der Waals surface area (Å²) in [5.41, 5.74) is 3.64. The summed E-state index contributed by atoms with van der Waals surface area (Å²) in [5, 5.41) is 6.98. The van der Waals surface area contributed by atoms with Gasteiger partial charge < -0.3 is 5.32 Å². The minimum Gasteiger partial charge on any atom is -0.352 e. The monoisotopic (exact) mass is 364 g/mol. The molecule has 0 fully saturated rings. The van der Waals surface area contributed by atoms with E-state index in [-0.39, 0.29) is 11.7 Å². The molecule has 3 aromatic rings. The second-order valence-electron chi connectivity index (χ2n) is 5.94. The highest BCUT2D eigenvalue weighted by Gasteiger charge is 2.10. The Labute approximate surface area is 156 Å². The van der Waals surface area contributed by atoms with E-state index in [0.29, 0.717) is 31.4 Å². The van der Waals surface area contributed by atoms with E-state index in [4.69, 9.17) is 0 Å². The standard InChI is InChI=1S/C21H20N2O2S/c24-19(16-6-2-1-3-7-16)9-4-10-20(25)23-14-17-8-5-12-22-21(17)18-11-13-26-15-18/h1-3,5-8,11-13,15H,4,9-10,14H2,(H,23,25). The lowest BCUT2D eigenvalue weighted by molar-refractivity contribution is -0.121. The molecule has 0 saturated heterocycles. The van der Waals surface area contributed by atoms with Crippen LogP contribution in [0.15, 0.2) is 65.5 Å². The Morgan fingerprint density at radius 1 is 1.00 bits per heavy atom. The first-order chi connectivity index (χ1) is 12.7. The molecule has 3 rings (SSSR count). The van der Waals surface area contributed by atoms with Crippen LogP contribution in [0, 0.1) is 0 Å². The summed E-state index contributed by atoms with van der Waals surface area (Å²) in [6, 6.07) is 15.0. The normalized spacial score (nSPS) is 10.5. The van der Waals surface area contributed by atoms with Gasteiger partial charge in [0.05, 0.1) is 5.69 Å². The smallest absolute Gasteiger partial charge is 0.220 e. The molecule has 2 aromatic heterocycles. The zero-order chi connectivity index (χ0) is 18.2. The molecular weight excluding hydrogens is 344 g/mol. The van der Waals surface area contributed by atoms with Gasteiger partial charge in [-0.25, -0.2) is 0 Å². The van der Waals surface area contributed by atoms with Crippen LogP contribution in [-0.2, 0) is 11.3 Å². The van der Waals surface area contributed by atoms with Crippen molar-refractivity contribution in [3.8, 4) is 11.3 Å². The highest BCUT2D eigenvalue weighted by Crippen LogP contribution is 2.23. The van der Waals surface area contributed by atoms with E-state index in [9.17, 15) is 9.59 Å². The molecule has 0 spiro atoms. The molecule has 0 aliphatic rings. The van der Waals surface area contributed by atoms with Crippen LogP contribution in [-0.4, -0.2) is 16.7 Å². The van der Waals surface area contributed by atoms with Crippen LogP contribution >= 0.6 is 11.3 Å². The van der Waals surface area contributed by atoms with Crippen molar-refractivity contribution in [3.05, 3.63) is 76.6 Å². The van der Waals surface area contributed by atoms with Crippen molar-refractivity contribution in [2.75, 3.05) is 0 Å². The molecule has 0 saturated carbocycles. The Kier molecular flexibility index (Phi) is 6.28. The predicted octanol–water partition coefficient (Wildman–Crippen LogP) is 4.48. The highest BCUT2D eigenvalue weighted by atomic mass is 32.1. The SMILES string of the molecule is O=C(CCCC(=O)c1ccccc1)NCc1cccnc1-c1ccsc1. The quantitative estimate of drug-likeness (QED) is 0.600. The van der Waals surface area contributed by atoms with E-state index >= 15 is 0 Å². The number of nitrogens with zero attached hydrogens (tertiary/aromatic N) is 1. The van der Waals surface area contributed by atoms with Crippen molar-refractivity contribution in [2.45, 2.75) is 25.8 Å². The van der Waals surface area contributed by atoms with Crippen LogP contribution in [0.25, 0.3) is 11.3 Å². The molecule has 0 atom stereocenters. The molecule has 5 heteroatoms. The van der Waals surface area contributed by atoms with Crippen LogP contribution in [0.3, 0.4) is 0 Å². The van der Waals surface area contributed by atoms with Gasteiger partial charge in [0, 0.05) is 42.1 Å². The first-order valence-corrected chi connectivity index (χ1v) is 9.50. The first-order valence-electron chi connectivity index (χ1n) is 8.55. The van der Waals surface area contributed by atoms with Gasteiger partial charge in [-0.1, -0.05) is 36.4 Å². The fourth-order valence-electron chi connectivity index (χ4n) is 2.70. The average molecular weight is 364 g/mol. The van der Waals surface area contributed by atoms with Crippen LogP contribution in [0.1, 0.15) is 35.2 Å². The number of rotatable bonds is 8. The van der Waals surface area contributed by atoms with Crippen LogP contribution in [0.4, 0.5) is 0 Å². The molecule has 0 unspecified atom stereocenters. The number of hydrogen-bond acceptors (Lipinski definition) is 4. The predicted molar refractivity (Wildman–Crippen MR) is 104 cm³/mol. The summed E-state index contributed by atoms with van der Waals surface area (Å²) in [5.74, 6) is 0.0244. The topological polar surface area (TPSA) is 59.1 Å². The summed E-state index contributed by atoms with van der Waals surface area (Å²) in [6.07, 6.45) is 3.02. The Balaban J connectivity index is 1.47. The van der Waals surface area contributed by atoms with E-state index in [1.165, 1.54) is 0 Å². The van der Waals surface area contributed by atoms with Crippen molar-refractivity contribution in [2.24, 2.45) is 0 Å². The Morgan fingerprint density at radius 3 is 2.62 bits per heavy atom. The number of hydrogen-bond donors (Lipinski definition) is 1. The third kappa shape index (κ3) is 4.86. The molecule has 1 N–H and O–H groups in total. The number of aromatic nitrogens is 1. The number of carbonyl (C=O) groups excluding carboxylic acids is 2. The van der Waals surface area contributed by atoms with E-state index in [1.807, 2.05) is 47.2 Å². The Morgan fingerprint density at radius 2 is 1.85 bits per heavy atom. The number of carbonyl (C=O) groups is 2. The number of amides is 1. The van der Waals surface area contributed by atoms with Gasteiger partial charge in [0.25, 0.3) is 0 Å². The van der Waals surface area contributed by atoms with E-state index in [0.717, 1.165) is 16.8 Å². The molecule has 26 heavy (non-hydrogen) atoms. The molecule has 1 amide bonds. The third-order valence-corrected chi connectivity index (χ3v) is 4.75. The van der Waals surface area contributed by atoms with Crippen LogP contribution in [0.5, 0.6) is 0 Å². The minimum absolute atomic E-state index is 0.0500. The maximum Gasteiger partial charge on any atom is 0.220 e. The van der Waals surface area contributed by atoms with E-state index < -0.39 is 0 Å². The lowest BCUT2D eigenvalue weighted by Crippen LogP contribution is -2.23. The molecule has 2 heterocycles. The Hall–Kier alpha value is -2.79. The van der Waals surface area contributed by atoms with Gasteiger partial charge in [-0.15, -0.1) is 0 Å². The van der Waals surface area contributed by atoms with Gasteiger partial charge in [-0.2, -0.15) is 11.3 Å². The second-order valence-corrected chi connectivity index (χ2v) is 6.72. The lowest BCUT2D eigenvalue weighted by Gasteiger charge is -2.09. The zero-order valence-electron chi connectivity index (χ0n) is 14.4. The summed E-state index contributed by atoms with van der Waals surface area (Å²) in [6.45, 7) is 0.435. The number of pyridine rings is 1. The minimum atomic E-state index is -0.0500. The van der Waals surface area contributed by atoms with Crippen LogP contribution in [0.2, 0.25) is 0 Å². The number of ketones is 1. The summed E-state index contributed by atoms with van der Waals surface area (Å²) < 4.78 is 0. The molecule has 0 aliphatic heterocycles. The first kappa shape index (κ1) is 18.0. The molecule has 0 aliphatic carbocycles. The van der Waals surface area contributed by atoms with Gasteiger partial charge in [-0.05, 0) is 29.5 Å². The molecule has 4 nitrogen and oxygen atoms in total. The van der Waals surface area contributed by atoms with Crippen LogP contribution < -0.4 is 5.32 Å². The van der Waals surface area contributed by atoms with Crippen molar-refractivity contribution < 1.29 is 9.59 Å². The van der Waals surface area contributed by atoms with E-state index in [2.05, 4.69) is 10.3 Å². The summed E-state index contributed by atoms with van der Waals surface area (Å²) in [7, 11) is 0. The number of Topliss-reactive ketones (excluding diaryl/α,β-unsaturated/α-hetero) is 1. The molecule has 132 valence electrons. The Bertz CT molecular complexity index is 861. The maximum absolute atomic E-state index is 12.1. The van der Waals surface area contributed by atoms with Gasteiger partial charge in [0.15, 0.2) is 5.78 Å². The van der Waals surface area contributed by atoms with Crippen molar-refractivity contribution in [1.29, 1.82) is 0 Å². The van der Waals surface area contributed by atoms with Crippen molar-refractivity contribution >= 4 is 23.0 Å².